The van der Waals surface area contributed by atoms with Crippen molar-refractivity contribution in [2.75, 3.05) is 26.3 Å². The van der Waals surface area contributed by atoms with Gasteiger partial charge in [-0.3, -0.25) is 29.8 Å². The molecule has 0 aliphatic carbocycles. The van der Waals surface area contributed by atoms with Crippen LogP contribution in [0.3, 0.4) is 0 Å². The number of pyridine rings is 1. The van der Waals surface area contributed by atoms with Crippen molar-refractivity contribution in [2.45, 2.75) is 0 Å². The van der Waals surface area contributed by atoms with Crippen LogP contribution in [0.4, 0.5) is 11.4 Å². The van der Waals surface area contributed by atoms with E-state index in [1.807, 2.05) is 0 Å². The summed E-state index contributed by atoms with van der Waals surface area (Å²) in [7, 11) is 0. The summed E-state index contributed by atoms with van der Waals surface area (Å²) in [5.74, 6) is -3.33. The Morgan fingerprint density at radius 1 is 0.650 bits per heavy atom. The Morgan fingerprint density at radius 3 is 1.48 bits per heavy atom. The van der Waals surface area contributed by atoms with E-state index in [9.17, 15) is 39.4 Å². The minimum atomic E-state index is -1.02. The molecule has 0 spiro atoms. The molecule has 1 aromatic heterocycles. The number of carbonyl (C=O) groups is 4. The smallest absolute Gasteiger partial charge is 0.339 e. The lowest BCUT2D eigenvalue weighted by atomic mass is 9.94. The van der Waals surface area contributed by atoms with E-state index in [2.05, 4.69) is 15.6 Å². The highest BCUT2D eigenvalue weighted by atomic mass is 16.6. The second-order valence-corrected chi connectivity index (χ2v) is 8.17. The van der Waals surface area contributed by atoms with Gasteiger partial charge in [0, 0.05) is 24.3 Å². The van der Waals surface area contributed by atoms with E-state index in [1.165, 1.54) is 30.3 Å². The minimum Gasteiger partial charge on any atom is -0.460 e. The van der Waals surface area contributed by atoms with Gasteiger partial charge in [0.1, 0.15) is 24.6 Å². The highest BCUT2D eigenvalue weighted by molar-refractivity contribution is 6.04. The van der Waals surface area contributed by atoms with Crippen LogP contribution in [0.15, 0.2) is 54.6 Å². The van der Waals surface area contributed by atoms with Gasteiger partial charge in [0.05, 0.1) is 34.1 Å². The number of ether oxygens (including phenoxy) is 2. The Hall–Kier alpha value is -5.73. The molecule has 0 saturated carbocycles. The zero-order valence-electron chi connectivity index (χ0n) is 20.4. The number of cyclic esters (lactones) is 2. The predicted molar refractivity (Wildman–Crippen MR) is 135 cm³/mol. The monoisotopic (exact) mass is 549 g/mol. The Morgan fingerprint density at radius 2 is 1.07 bits per heavy atom. The van der Waals surface area contributed by atoms with Gasteiger partial charge >= 0.3 is 11.9 Å². The lowest BCUT2D eigenvalue weighted by Gasteiger charge is -2.14. The van der Waals surface area contributed by atoms with Crippen molar-refractivity contribution >= 4 is 35.1 Å². The molecule has 0 fully saturated rings. The number of amides is 2. The van der Waals surface area contributed by atoms with Crippen LogP contribution in [-0.2, 0) is 9.47 Å². The number of esters is 2. The summed E-state index contributed by atoms with van der Waals surface area (Å²) in [6.07, 6.45) is 0. The lowest BCUT2D eigenvalue weighted by molar-refractivity contribution is -0.385. The molecule has 2 N–H and O–H groups in total. The van der Waals surface area contributed by atoms with E-state index in [0.717, 1.165) is 24.3 Å². The molecule has 0 atom stereocenters. The fourth-order valence-electron chi connectivity index (χ4n) is 3.74. The lowest BCUT2D eigenvalue weighted by Crippen LogP contribution is -2.31. The average molecular weight is 549 g/mol. The van der Waals surface area contributed by atoms with Gasteiger partial charge in [-0.05, 0) is 35.4 Å². The number of aromatic nitrogens is 1. The number of nitrogens with one attached hydrogen (secondary N) is 2. The molecule has 2 bridgehead atoms. The summed E-state index contributed by atoms with van der Waals surface area (Å²) in [5.41, 5.74) is -1.65. The molecule has 0 unspecified atom stereocenters. The number of nitrogens with zero attached hydrogens (tertiary/aromatic N) is 3. The molecule has 1 aliphatic rings. The number of benzene rings is 2. The maximum absolute atomic E-state index is 13.0. The fraction of sp³-hybridized carbons (Fsp3) is 0.160. The van der Waals surface area contributed by atoms with Gasteiger partial charge in [0.2, 0.25) is 0 Å². The quantitative estimate of drug-likeness (QED) is 0.268. The third kappa shape index (κ3) is 6.04. The molecule has 4 rings (SSSR count). The van der Waals surface area contributed by atoms with Crippen LogP contribution in [0.2, 0.25) is 0 Å². The van der Waals surface area contributed by atoms with Gasteiger partial charge in [-0.15, -0.1) is 0 Å². The highest BCUT2D eigenvalue weighted by Crippen LogP contribution is 2.33. The third-order valence-electron chi connectivity index (χ3n) is 5.61. The number of hydrogen-bond acceptors (Lipinski definition) is 11. The van der Waals surface area contributed by atoms with E-state index < -0.39 is 45.0 Å². The number of nitro benzene ring substituents is 2. The number of hydrogen-bond donors (Lipinski definition) is 2. The predicted octanol–water partition coefficient (Wildman–Crippen LogP) is 2.05. The second-order valence-electron chi connectivity index (χ2n) is 8.17. The molecule has 1 aliphatic heterocycles. The van der Waals surface area contributed by atoms with Crippen molar-refractivity contribution < 1.29 is 38.5 Å². The molecule has 2 amide bonds. The Bertz CT molecular complexity index is 1440. The minimum absolute atomic E-state index is 0.00734. The summed E-state index contributed by atoms with van der Waals surface area (Å²) in [6.45, 7) is -1.02. The molecule has 204 valence electrons. The molecule has 40 heavy (non-hydrogen) atoms. The molecule has 0 radical (unpaired) electrons. The first-order valence-corrected chi connectivity index (χ1v) is 11.6. The summed E-state index contributed by atoms with van der Waals surface area (Å²) < 4.78 is 10.4. The molecule has 2 aromatic carbocycles. The first-order chi connectivity index (χ1) is 19.2. The molecule has 3 aromatic rings. The van der Waals surface area contributed by atoms with Gasteiger partial charge in [-0.2, -0.15) is 0 Å². The number of rotatable bonds is 2. The van der Waals surface area contributed by atoms with Crippen molar-refractivity contribution in [3.63, 3.8) is 0 Å². The van der Waals surface area contributed by atoms with Gasteiger partial charge in [0.25, 0.3) is 23.2 Å². The molecule has 15 nitrogen and oxygen atoms in total. The zero-order valence-corrected chi connectivity index (χ0v) is 20.4. The van der Waals surface area contributed by atoms with Crippen molar-refractivity contribution in [1.29, 1.82) is 0 Å². The van der Waals surface area contributed by atoms with Crippen LogP contribution in [0.25, 0.3) is 11.1 Å². The Kier molecular flexibility index (Phi) is 8.03. The molecule has 0 saturated heterocycles. The van der Waals surface area contributed by atoms with Gasteiger partial charge in [-0.1, -0.05) is 6.07 Å². The first kappa shape index (κ1) is 27.3. The maximum atomic E-state index is 13.0. The second kappa shape index (κ2) is 11.8. The van der Waals surface area contributed by atoms with Crippen LogP contribution in [0.5, 0.6) is 0 Å². The Balaban J connectivity index is 1.76. The third-order valence-corrected chi connectivity index (χ3v) is 5.61. The van der Waals surface area contributed by atoms with Gasteiger partial charge < -0.3 is 20.1 Å². The van der Waals surface area contributed by atoms with E-state index in [0.29, 0.717) is 0 Å². The fourth-order valence-corrected chi connectivity index (χ4v) is 3.74. The molecule has 15 heteroatoms. The standard InChI is InChI=1S/C25H19N5O10/c31-22-20-2-1-3-21(28-20)23(32)27-9-11-40-25(34)19-13-15(30(37)38)5-7-17(19)16-6-4-14(29(35)36)12-18(16)24(33)39-10-8-26-22/h1-7,12-13H,8-11H2,(H,26,31)(H,27,32). The Labute approximate surface area is 224 Å². The van der Waals surface area contributed by atoms with Crippen LogP contribution < -0.4 is 10.6 Å². The normalized spacial score (nSPS) is 14.5. The van der Waals surface area contributed by atoms with Crippen molar-refractivity contribution in [3.8, 4) is 11.1 Å². The van der Waals surface area contributed by atoms with E-state index in [4.69, 9.17) is 9.47 Å². The van der Waals surface area contributed by atoms with Crippen LogP contribution >= 0.6 is 0 Å². The van der Waals surface area contributed by atoms with Gasteiger partial charge in [-0.25, -0.2) is 14.6 Å². The van der Waals surface area contributed by atoms with Gasteiger partial charge in [0.15, 0.2) is 0 Å². The first-order valence-electron chi connectivity index (χ1n) is 11.6. The van der Waals surface area contributed by atoms with Crippen LogP contribution in [0.1, 0.15) is 41.7 Å². The number of non-ortho nitro benzene ring substituents is 2. The van der Waals surface area contributed by atoms with E-state index in [1.54, 1.807) is 0 Å². The summed E-state index contributed by atoms with van der Waals surface area (Å²) in [4.78, 5) is 76.2. The van der Waals surface area contributed by atoms with E-state index >= 15 is 0 Å². The molecular weight excluding hydrogens is 530 g/mol. The summed E-state index contributed by atoms with van der Waals surface area (Å²) in [5, 5.41) is 27.7. The summed E-state index contributed by atoms with van der Waals surface area (Å²) in [6, 6.07) is 10.7. The van der Waals surface area contributed by atoms with E-state index in [-0.39, 0.29) is 59.9 Å². The molecular formula is C25H19N5O10. The van der Waals surface area contributed by atoms with Crippen LogP contribution in [-0.4, -0.2) is 64.9 Å². The van der Waals surface area contributed by atoms with Crippen molar-refractivity contribution in [3.05, 3.63) is 97.3 Å². The summed E-state index contributed by atoms with van der Waals surface area (Å²) >= 11 is 0. The van der Waals surface area contributed by atoms with Crippen LogP contribution in [0, 0.1) is 20.2 Å². The SMILES string of the molecule is O=C1NCCOC(=O)c2cc([N+](=O)[O-])ccc2-c2ccc([N+](=O)[O-])cc2C(=O)OCCNC(=O)c2cccc1n2. The van der Waals surface area contributed by atoms with Crippen molar-refractivity contribution in [1.82, 2.24) is 15.6 Å². The number of nitro groups is 2. The average Bonchev–Trinajstić information content (AvgIpc) is 2.95. The van der Waals surface area contributed by atoms with Crippen molar-refractivity contribution in [2.24, 2.45) is 0 Å². The zero-order chi connectivity index (χ0) is 28.8. The topological polar surface area (TPSA) is 210 Å². The number of fused-ring (bicyclic) bond motifs is 5. The largest absolute Gasteiger partial charge is 0.460 e. The molecule has 2 heterocycles. The number of carbonyl (C=O) groups excluding carboxylic acids is 4. The maximum Gasteiger partial charge on any atom is 0.339 e. The highest BCUT2D eigenvalue weighted by Gasteiger charge is 2.25.